The summed E-state index contributed by atoms with van der Waals surface area (Å²) in [4.78, 5) is 15.4. The molecule has 0 unspecified atom stereocenters. The monoisotopic (exact) mass is 174 g/mol. The Labute approximate surface area is 76.0 Å². The van der Waals surface area contributed by atoms with Crippen molar-refractivity contribution in [2.24, 2.45) is 0 Å². The van der Waals surface area contributed by atoms with Gasteiger partial charge in [0.2, 0.25) is 5.91 Å². The molecule has 2 aromatic rings. The zero-order valence-corrected chi connectivity index (χ0v) is 7.61. The molecule has 0 aromatic carbocycles. The van der Waals surface area contributed by atoms with Crippen molar-refractivity contribution in [3.63, 3.8) is 0 Å². The van der Waals surface area contributed by atoms with Gasteiger partial charge in [-0.3, -0.25) is 9.36 Å². The van der Waals surface area contributed by atoms with E-state index in [2.05, 4.69) is 4.98 Å². The predicted molar refractivity (Wildman–Crippen MR) is 50.8 cm³/mol. The topological polar surface area (TPSA) is 34.9 Å². The number of carbonyl (C=O) groups is 1. The summed E-state index contributed by atoms with van der Waals surface area (Å²) >= 11 is 0. The van der Waals surface area contributed by atoms with Crippen molar-refractivity contribution in [1.29, 1.82) is 0 Å². The van der Waals surface area contributed by atoms with Crippen molar-refractivity contribution in [2.45, 2.75) is 13.8 Å². The van der Waals surface area contributed by atoms with Gasteiger partial charge in [0.05, 0.1) is 0 Å². The van der Waals surface area contributed by atoms with E-state index in [0.29, 0.717) is 0 Å². The van der Waals surface area contributed by atoms with Crippen LogP contribution in [0.2, 0.25) is 0 Å². The summed E-state index contributed by atoms with van der Waals surface area (Å²) in [7, 11) is 0. The molecular formula is C10H10N2O. The fourth-order valence-electron chi connectivity index (χ4n) is 1.46. The van der Waals surface area contributed by atoms with E-state index in [1.54, 1.807) is 10.8 Å². The number of carbonyl (C=O) groups excluding carboxylic acids is 1. The van der Waals surface area contributed by atoms with Crippen molar-refractivity contribution in [3.05, 3.63) is 30.1 Å². The number of pyridine rings is 1. The second-order valence-electron chi connectivity index (χ2n) is 3.08. The van der Waals surface area contributed by atoms with E-state index in [1.165, 1.54) is 6.92 Å². The number of hydrogen-bond acceptors (Lipinski definition) is 2. The molecule has 13 heavy (non-hydrogen) atoms. The maximum absolute atomic E-state index is 11.2. The molecule has 0 aliphatic heterocycles. The molecule has 0 aliphatic carbocycles. The van der Waals surface area contributed by atoms with Crippen molar-refractivity contribution >= 4 is 16.9 Å². The van der Waals surface area contributed by atoms with E-state index in [4.69, 9.17) is 0 Å². The summed E-state index contributed by atoms with van der Waals surface area (Å²) in [5, 5.41) is 1.04. The van der Waals surface area contributed by atoms with Crippen molar-refractivity contribution in [2.75, 3.05) is 0 Å². The first kappa shape index (κ1) is 7.98. The van der Waals surface area contributed by atoms with Crippen LogP contribution >= 0.6 is 0 Å². The number of aromatic nitrogens is 2. The molecule has 0 bridgehead atoms. The lowest BCUT2D eigenvalue weighted by molar-refractivity contribution is 0.0941. The summed E-state index contributed by atoms with van der Waals surface area (Å²) in [6.07, 6.45) is 3.52. The summed E-state index contributed by atoms with van der Waals surface area (Å²) < 4.78 is 1.57. The molecule has 0 atom stereocenters. The van der Waals surface area contributed by atoms with Crippen LogP contribution in [0.25, 0.3) is 11.0 Å². The maximum Gasteiger partial charge on any atom is 0.229 e. The van der Waals surface area contributed by atoms with Gasteiger partial charge in [-0.15, -0.1) is 0 Å². The van der Waals surface area contributed by atoms with Gasteiger partial charge in [-0.2, -0.15) is 0 Å². The maximum atomic E-state index is 11.2. The van der Waals surface area contributed by atoms with Gasteiger partial charge in [-0.1, -0.05) is 0 Å². The molecule has 0 radical (unpaired) electrons. The smallest absolute Gasteiger partial charge is 0.229 e. The van der Waals surface area contributed by atoms with Crippen molar-refractivity contribution in [1.82, 2.24) is 9.55 Å². The fourth-order valence-corrected chi connectivity index (χ4v) is 1.46. The molecule has 0 N–H and O–H groups in total. The molecule has 0 saturated carbocycles. The van der Waals surface area contributed by atoms with Crippen LogP contribution in [0.5, 0.6) is 0 Å². The number of nitrogens with zero attached hydrogens (tertiary/aromatic N) is 2. The van der Waals surface area contributed by atoms with Crippen LogP contribution in [0.3, 0.4) is 0 Å². The number of rotatable bonds is 0. The van der Waals surface area contributed by atoms with Gasteiger partial charge >= 0.3 is 0 Å². The molecule has 3 nitrogen and oxygen atoms in total. The average Bonchev–Trinajstić information content (AvgIpc) is 2.45. The molecule has 0 spiro atoms. The van der Waals surface area contributed by atoms with Gasteiger partial charge in [0.1, 0.15) is 5.65 Å². The molecule has 0 aliphatic rings. The third-order valence-electron chi connectivity index (χ3n) is 2.10. The Morgan fingerprint density at radius 1 is 1.54 bits per heavy atom. The zero-order chi connectivity index (χ0) is 9.42. The quantitative estimate of drug-likeness (QED) is 0.612. The molecule has 0 amide bonds. The van der Waals surface area contributed by atoms with E-state index in [1.807, 2.05) is 25.3 Å². The Hall–Kier alpha value is -1.64. The minimum atomic E-state index is -0.00296. The van der Waals surface area contributed by atoms with Crippen LogP contribution in [-0.2, 0) is 0 Å². The Kier molecular flexibility index (Phi) is 1.65. The standard InChI is InChI=1S/C10H10N2O/c1-7-6-12(8(2)13)10-9(7)4-3-5-11-10/h3-6H,1-2H3. The van der Waals surface area contributed by atoms with Crippen molar-refractivity contribution in [3.8, 4) is 0 Å². The first-order valence-corrected chi connectivity index (χ1v) is 4.14. The van der Waals surface area contributed by atoms with Crippen LogP contribution in [0.4, 0.5) is 0 Å². The van der Waals surface area contributed by atoms with Gasteiger partial charge in [0, 0.05) is 24.7 Å². The molecule has 0 saturated heterocycles. The van der Waals surface area contributed by atoms with Gasteiger partial charge < -0.3 is 0 Å². The van der Waals surface area contributed by atoms with Crippen molar-refractivity contribution < 1.29 is 4.79 Å². The van der Waals surface area contributed by atoms with Gasteiger partial charge in [-0.05, 0) is 24.6 Å². The minimum Gasteiger partial charge on any atom is -0.274 e. The van der Waals surface area contributed by atoms with E-state index < -0.39 is 0 Å². The molecule has 2 rings (SSSR count). The van der Waals surface area contributed by atoms with Crippen LogP contribution in [0.15, 0.2) is 24.5 Å². The van der Waals surface area contributed by atoms with Gasteiger partial charge in [-0.25, -0.2) is 4.98 Å². The summed E-state index contributed by atoms with van der Waals surface area (Å²) in [6.45, 7) is 3.51. The summed E-state index contributed by atoms with van der Waals surface area (Å²) in [5.41, 5.74) is 1.82. The minimum absolute atomic E-state index is 0.00296. The van der Waals surface area contributed by atoms with E-state index in [-0.39, 0.29) is 5.91 Å². The second-order valence-corrected chi connectivity index (χ2v) is 3.08. The Bertz CT molecular complexity index is 471. The Morgan fingerprint density at radius 3 is 3.00 bits per heavy atom. The predicted octanol–water partition coefficient (Wildman–Crippen LogP) is 2.00. The molecule has 2 aromatic heterocycles. The number of aryl methyl sites for hydroxylation is 1. The average molecular weight is 174 g/mol. The lowest BCUT2D eigenvalue weighted by atomic mass is 10.2. The largest absolute Gasteiger partial charge is 0.274 e. The molecule has 2 heterocycles. The first-order chi connectivity index (χ1) is 6.20. The van der Waals surface area contributed by atoms with E-state index in [0.717, 1.165) is 16.6 Å². The highest BCUT2D eigenvalue weighted by Gasteiger charge is 2.07. The van der Waals surface area contributed by atoms with Crippen LogP contribution in [0, 0.1) is 6.92 Å². The summed E-state index contributed by atoms with van der Waals surface area (Å²) in [5.74, 6) is -0.00296. The highest BCUT2D eigenvalue weighted by atomic mass is 16.1. The highest BCUT2D eigenvalue weighted by Crippen LogP contribution is 2.17. The SMILES string of the molecule is CC(=O)n1cc(C)c2cccnc21. The molecule has 0 fully saturated rings. The summed E-state index contributed by atoms with van der Waals surface area (Å²) in [6, 6.07) is 3.84. The molecular weight excluding hydrogens is 164 g/mol. The highest BCUT2D eigenvalue weighted by molar-refractivity contribution is 5.91. The second kappa shape index (κ2) is 2.69. The third kappa shape index (κ3) is 1.13. The number of fused-ring (bicyclic) bond motifs is 1. The normalized spacial score (nSPS) is 10.6. The van der Waals surface area contributed by atoms with Gasteiger partial charge in [0.15, 0.2) is 0 Å². The first-order valence-electron chi connectivity index (χ1n) is 4.14. The van der Waals surface area contributed by atoms with Gasteiger partial charge in [0.25, 0.3) is 0 Å². The van der Waals surface area contributed by atoms with Crippen LogP contribution in [-0.4, -0.2) is 15.5 Å². The number of hydrogen-bond donors (Lipinski definition) is 0. The van der Waals surface area contributed by atoms with E-state index >= 15 is 0 Å². The van der Waals surface area contributed by atoms with E-state index in [9.17, 15) is 4.79 Å². The fraction of sp³-hybridized carbons (Fsp3) is 0.200. The lowest BCUT2D eigenvalue weighted by Gasteiger charge is -1.95. The molecule has 3 heteroatoms. The van der Waals surface area contributed by atoms with Crippen LogP contribution < -0.4 is 0 Å². The zero-order valence-electron chi connectivity index (χ0n) is 7.61. The lowest BCUT2D eigenvalue weighted by Crippen LogP contribution is -2.03. The third-order valence-corrected chi connectivity index (χ3v) is 2.10. The molecule has 66 valence electrons. The Morgan fingerprint density at radius 2 is 2.31 bits per heavy atom. The Balaban J connectivity index is 2.85. The van der Waals surface area contributed by atoms with Crippen LogP contribution in [0.1, 0.15) is 17.3 Å².